The minimum atomic E-state index is -4.77. The van der Waals surface area contributed by atoms with Crippen LogP contribution in [0.4, 0.5) is 13.2 Å². The van der Waals surface area contributed by atoms with Crippen LogP contribution in [-0.2, 0) is 12.7 Å². The van der Waals surface area contributed by atoms with Crippen molar-refractivity contribution in [3.05, 3.63) is 144 Å². The fraction of sp³-hybridized carbons (Fsp3) is 0.293. The van der Waals surface area contributed by atoms with Crippen molar-refractivity contribution < 1.29 is 22.8 Å². The van der Waals surface area contributed by atoms with Crippen LogP contribution in [0, 0.1) is 0 Å². The maximum Gasteiger partial charge on any atom is 0.449 e. The van der Waals surface area contributed by atoms with Gasteiger partial charge in [-0.05, 0) is 55.7 Å². The van der Waals surface area contributed by atoms with Gasteiger partial charge in [-0.1, -0.05) is 117 Å². The van der Waals surface area contributed by atoms with E-state index in [1.807, 2.05) is 0 Å². The lowest BCUT2D eigenvalue weighted by atomic mass is 9.90. The summed E-state index contributed by atoms with van der Waals surface area (Å²) in [5.74, 6) is -2.39. The predicted molar refractivity (Wildman–Crippen MR) is 192 cm³/mol. The Morgan fingerprint density at radius 1 is 0.531 bits per heavy atom. The first-order valence-electron chi connectivity index (χ1n) is 17.2. The standard InChI is InChI=1S/C41H41F3N2O2P/c42-41(43,44)40-45-36-37(39(48)35-28-18-17-27-34(35)38(36)47)46(40)29-19-6-4-2-1-3-5-7-20-30-49(31-21-11-8-12-22-31,32-23-13-9-14-24-32)33-25-15-10-16-26-33/h8-18,21-28H,1-7,19-20,29-30H2/q+1. The van der Waals surface area contributed by atoms with E-state index in [-0.39, 0.29) is 23.4 Å². The molecular weight excluding hydrogens is 640 g/mol. The number of imidazole rings is 1. The van der Waals surface area contributed by atoms with Crippen LogP contribution in [0.25, 0.3) is 0 Å². The first kappa shape index (κ1) is 34.5. The molecule has 1 aliphatic carbocycles. The van der Waals surface area contributed by atoms with Gasteiger partial charge in [0, 0.05) is 17.7 Å². The quantitative estimate of drug-likeness (QED) is 0.0803. The number of fused-ring (bicyclic) bond motifs is 2. The maximum absolute atomic E-state index is 13.9. The zero-order chi connectivity index (χ0) is 34.3. The highest BCUT2D eigenvalue weighted by atomic mass is 31.2. The van der Waals surface area contributed by atoms with E-state index in [1.54, 1.807) is 12.1 Å². The molecule has 5 aromatic rings. The molecule has 0 spiro atoms. The number of nitrogens with zero attached hydrogens (tertiary/aromatic N) is 2. The molecule has 0 saturated heterocycles. The number of unbranched alkanes of at least 4 members (excludes halogenated alkanes) is 8. The Bertz CT molecular complexity index is 1780. The lowest BCUT2D eigenvalue weighted by Crippen LogP contribution is -2.33. The van der Waals surface area contributed by atoms with Crippen molar-refractivity contribution in [2.45, 2.75) is 70.5 Å². The molecule has 0 atom stereocenters. The third kappa shape index (κ3) is 7.33. The van der Waals surface area contributed by atoms with Crippen molar-refractivity contribution in [3.8, 4) is 0 Å². The molecule has 252 valence electrons. The summed E-state index contributed by atoms with van der Waals surface area (Å²) in [7, 11) is -1.81. The summed E-state index contributed by atoms with van der Waals surface area (Å²) in [5, 5.41) is 4.23. The summed E-state index contributed by atoms with van der Waals surface area (Å²) in [6.45, 7) is -0.00648. The Morgan fingerprint density at radius 2 is 0.939 bits per heavy atom. The number of carbonyl (C=O) groups excluding carboxylic acids is 2. The van der Waals surface area contributed by atoms with Crippen LogP contribution in [0.5, 0.6) is 0 Å². The summed E-state index contributed by atoms with van der Waals surface area (Å²) in [4.78, 5) is 29.8. The number of benzene rings is 4. The van der Waals surface area contributed by atoms with Crippen molar-refractivity contribution in [1.82, 2.24) is 9.55 Å². The Labute approximate surface area is 286 Å². The Kier molecular flexibility index (Phi) is 10.9. The van der Waals surface area contributed by atoms with Gasteiger partial charge in [-0.25, -0.2) is 4.98 Å². The smallest absolute Gasteiger partial charge is 0.317 e. The summed E-state index contributed by atoms with van der Waals surface area (Å²) in [6.07, 6.45) is 5.09. The van der Waals surface area contributed by atoms with Crippen molar-refractivity contribution in [2.75, 3.05) is 6.16 Å². The molecule has 4 aromatic carbocycles. The number of carbonyl (C=O) groups is 2. The van der Waals surface area contributed by atoms with Crippen LogP contribution >= 0.6 is 7.26 Å². The van der Waals surface area contributed by atoms with Crippen LogP contribution in [0.3, 0.4) is 0 Å². The molecule has 6 rings (SSSR count). The lowest BCUT2D eigenvalue weighted by molar-refractivity contribution is -0.147. The van der Waals surface area contributed by atoms with E-state index in [9.17, 15) is 22.8 Å². The molecule has 0 fully saturated rings. The lowest BCUT2D eigenvalue weighted by Gasteiger charge is -2.27. The highest BCUT2D eigenvalue weighted by molar-refractivity contribution is 7.95. The van der Waals surface area contributed by atoms with Crippen molar-refractivity contribution >= 4 is 34.7 Å². The van der Waals surface area contributed by atoms with Crippen LogP contribution in [0.15, 0.2) is 115 Å². The molecule has 0 bridgehead atoms. The third-order valence-electron chi connectivity index (χ3n) is 9.53. The summed E-state index contributed by atoms with van der Waals surface area (Å²) in [6, 6.07) is 39.0. The van der Waals surface area contributed by atoms with Crippen molar-refractivity contribution in [2.24, 2.45) is 0 Å². The maximum atomic E-state index is 13.9. The molecular formula is C41H41F3N2O2P+. The number of hydrogen-bond acceptors (Lipinski definition) is 3. The molecule has 1 aromatic heterocycles. The van der Waals surface area contributed by atoms with Crippen LogP contribution in [0.1, 0.15) is 95.7 Å². The van der Waals surface area contributed by atoms with Gasteiger partial charge in [-0.15, -0.1) is 0 Å². The zero-order valence-electron chi connectivity index (χ0n) is 27.5. The fourth-order valence-corrected chi connectivity index (χ4v) is 11.6. The Balaban J connectivity index is 0.995. The van der Waals surface area contributed by atoms with E-state index in [0.717, 1.165) is 62.1 Å². The minimum absolute atomic E-state index is 0.00648. The third-order valence-corrected chi connectivity index (χ3v) is 14.1. The van der Waals surface area contributed by atoms with Crippen LogP contribution < -0.4 is 15.9 Å². The van der Waals surface area contributed by atoms with Gasteiger partial charge < -0.3 is 4.57 Å². The van der Waals surface area contributed by atoms with E-state index < -0.39 is 36.5 Å². The molecule has 1 aliphatic rings. The topological polar surface area (TPSA) is 52.0 Å². The van der Waals surface area contributed by atoms with Gasteiger partial charge >= 0.3 is 6.18 Å². The molecule has 4 nitrogen and oxygen atoms in total. The largest absolute Gasteiger partial charge is 0.449 e. The van der Waals surface area contributed by atoms with Gasteiger partial charge in [-0.2, -0.15) is 13.2 Å². The first-order valence-corrected chi connectivity index (χ1v) is 19.2. The predicted octanol–water partition coefficient (Wildman–Crippen LogP) is 9.18. The first-order chi connectivity index (χ1) is 23.8. The SMILES string of the molecule is O=C1c2ccccc2C(=O)c2c1nc(C(F)(F)F)n2CCCCCCCCCCC[P+](c1ccccc1)(c1ccccc1)c1ccccc1. The van der Waals surface area contributed by atoms with Crippen LogP contribution in [-0.4, -0.2) is 27.3 Å². The number of hydrogen-bond donors (Lipinski definition) is 0. The Hall–Kier alpha value is -4.35. The number of alkyl halides is 3. The molecule has 0 N–H and O–H groups in total. The zero-order valence-corrected chi connectivity index (χ0v) is 28.4. The van der Waals surface area contributed by atoms with Crippen molar-refractivity contribution in [1.29, 1.82) is 0 Å². The van der Waals surface area contributed by atoms with E-state index in [2.05, 4.69) is 96.0 Å². The molecule has 0 amide bonds. The highest BCUT2D eigenvalue weighted by Crippen LogP contribution is 2.56. The monoisotopic (exact) mass is 681 g/mol. The average Bonchev–Trinajstić information content (AvgIpc) is 3.53. The van der Waals surface area contributed by atoms with Gasteiger partial charge in [0.15, 0.2) is 0 Å². The second-order valence-electron chi connectivity index (χ2n) is 12.7. The van der Waals surface area contributed by atoms with Crippen molar-refractivity contribution in [3.63, 3.8) is 0 Å². The van der Waals surface area contributed by atoms with E-state index in [4.69, 9.17) is 0 Å². The molecule has 8 heteroatoms. The molecule has 0 unspecified atom stereocenters. The van der Waals surface area contributed by atoms with E-state index in [0.29, 0.717) is 6.42 Å². The van der Waals surface area contributed by atoms with Gasteiger partial charge in [0.2, 0.25) is 17.4 Å². The molecule has 0 aliphatic heterocycles. The summed E-state index contributed by atoms with van der Waals surface area (Å²) >= 11 is 0. The van der Waals surface area contributed by atoms with Gasteiger partial charge in [-0.3, -0.25) is 9.59 Å². The Morgan fingerprint density at radius 3 is 1.41 bits per heavy atom. The van der Waals surface area contributed by atoms with Gasteiger partial charge in [0.25, 0.3) is 0 Å². The van der Waals surface area contributed by atoms with Crippen LogP contribution in [0.2, 0.25) is 0 Å². The second kappa shape index (κ2) is 15.5. The molecule has 1 heterocycles. The number of aromatic nitrogens is 2. The van der Waals surface area contributed by atoms with Gasteiger partial charge in [0.1, 0.15) is 34.6 Å². The number of rotatable bonds is 15. The van der Waals surface area contributed by atoms with E-state index >= 15 is 0 Å². The fourth-order valence-electron chi connectivity index (χ4n) is 7.15. The number of halogens is 3. The molecule has 0 saturated carbocycles. The highest BCUT2D eigenvalue weighted by Gasteiger charge is 2.45. The average molecular weight is 682 g/mol. The normalized spacial score (nSPS) is 13.0. The van der Waals surface area contributed by atoms with Gasteiger partial charge in [0.05, 0.1) is 6.16 Å². The minimum Gasteiger partial charge on any atom is -0.317 e. The van der Waals surface area contributed by atoms with E-state index in [1.165, 1.54) is 28.0 Å². The summed E-state index contributed by atoms with van der Waals surface area (Å²) in [5.41, 5.74) is -0.411. The molecule has 49 heavy (non-hydrogen) atoms. The second-order valence-corrected chi connectivity index (χ2v) is 16.3. The number of ketones is 2. The molecule has 0 radical (unpaired) electrons. The summed E-state index contributed by atoms with van der Waals surface area (Å²) < 4.78 is 42.7.